The van der Waals surface area contributed by atoms with E-state index >= 15 is 0 Å². The molecular formula is C15H19BrFN5. The SMILES string of the molecule is CN=C(NCCCc1ccc(Br)cc1F)NCc1ccn[nH]1. The van der Waals surface area contributed by atoms with Crippen LogP contribution in [0.15, 0.2) is 39.9 Å². The standard InChI is InChI=1S/C15H19BrFN5/c1-18-15(20-10-13-6-8-21-22-13)19-7-2-3-11-4-5-12(16)9-14(11)17/h4-6,8-9H,2-3,7,10H2,1H3,(H,21,22)(H2,18,19,20). The second-order valence-electron chi connectivity index (χ2n) is 4.77. The van der Waals surface area contributed by atoms with Crippen LogP contribution in [0.1, 0.15) is 17.7 Å². The zero-order valence-corrected chi connectivity index (χ0v) is 14.0. The van der Waals surface area contributed by atoms with Crippen molar-refractivity contribution in [2.45, 2.75) is 19.4 Å². The van der Waals surface area contributed by atoms with Crippen molar-refractivity contribution < 1.29 is 4.39 Å². The van der Waals surface area contributed by atoms with Gasteiger partial charge < -0.3 is 10.6 Å². The highest BCUT2D eigenvalue weighted by Crippen LogP contribution is 2.16. The van der Waals surface area contributed by atoms with Gasteiger partial charge in [0.2, 0.25) is 0 Å². The zero-order valence-electron chi connectivity index (χ0n) is 12.4. The van der Waals surface area contributed by atoms with E-state index in [9.17, 15) is 4.39 Å². The summed E-state index contributed by atoms with van der Waals surface area (Å²) in [6.45, 7) is 1.35. The van der Waals surface area contributed by atoms with Crippen molar-refractivity contribution >= 4 is 21.9 Å². The number of aromatic amines is 1. The van der Waals surface area contributed by atoms with Gasteiger partial charge in [-0.1, -0.05) is 22.0 Å². The number of halogens is 2. The van der Waals surface area contributed by atoms with E-state index in [2.05, 4.69) is 41.8 Å². The average molecular weight is 368 g/mol. The number of nitrogens with one attached hydrogen (secondary N) is 3. The fourth-order valence-corrected chi connectivity index (χ4v) is 2.33. The van der Waals surface area contributed by atoms with Crippen LogP contribution >= 0.6 is 15.9 Å². The molecule has 0 saturated carbocycles. The Balaban J connectivity index is 1.70. The predicted octanol–water partition coefficient (Wildman–Crippen LogP) is 2.61. The van der Waals surface area contributed by atoms with Gasteiger partial charge in [-0.2, -0.15) is 5.10 Å². The highest BCUT2D eigenvalue weighted by molar-refractivity contribution is 9.10. The highest BCUT2D eigenvalue weighted by atomic mass is 79.9. The summed E-state index contributed by atoms with van der Waals surface area (Å²) in [7, 11) is 1.72. The summed E-state index contributed by atoms with van der Waals surface area (Å²) < 4.78 is 14.4. The van der Waals surface area contributed by atoms with Crippen molar-refractivity contribution in [2.75, 3.05) is 13.6 Å². The lowest BCUT2D eigenvalue weighted by molar-refractivity contribution is 0.601. The lowest BCUT2D eigenvalue weighted by atomic mass is 10.1. The van der Waals surface area contributed by atoms with E-state index in [4.69, 9.17) is 0 Å². The molecule has 22 heavy (non-hydrogen) atoms. The van der Waals surface area contributed by atoms with Gasteiger partial charge in [0.05, 0.1) is 12.2 Å². The zero-order chi connectivity index (χ0) is 15.8. The number of guanidine groups is 1. The summed E-state index contributed by atoms with van der Waals surface area (Å²) in [5, 5.41) is 13.1. The van der Waals surface area contributed by atoms with E-state index in [1.165, 1.54) is 6.07 Å². The first-order valence-electron chi connectivity index (χ1n) is 7.05. The van der Waals surface area contributed by atoms with E-state index in [1.54, 1.807) is 13.2 Å². The first-order valence-corrected chi connectivity index (χ1v) is 7.85. The minimum absolute atomic E-state index is 0.170. The van der Waals surface area contributed by atoms with Gasteiger partial charge in [0.25, 0.3) is 0 Å². The molecule has 3 N–H and O–H groups in total. The molecule has 5 nitrogen and oxygen atoms in total. The highest BCUT2D eigenvalue weighted by Gasteiger charge is 2.03. The Kier molecular flexibility index (Phi) is 6.39. The number of aryl methyl sites for hydroxylation is 1. The molecule has 118 valence electrons. The molecule has 2 aromatic rings. The van der Waals surface area contributed by atoms with Crippen molar-refractivity contribution in [3.05, 3.63) is 52.0 Å². The fourth-order valence-electron chi connectivity index (χ4n) is 1.99. The second-order valence-corrected chi connectivity index (χ2v) is 5.69. The Hall–Kier alpha value is -1.89. The molecule has 0 atom stereocenters. The third-order valence-corrected chi connectivity index (χ3v) is 3.65. The van der Waals surface area contributed by atoms with Crippen molar-refractivity contribution in [1.29, 1.82) is 0 Å². The summed E-state index contributed by atoms with van der Waals surface area (Å²) >= 11 is 3.26. The topological polar surface area (TPSA) is 65.1 Å². The minimum Gasteiger partial charge on any atom is -0.356 e. The molecule has 1 aromatic carbocycles. The number of H-pyrrole nitrogens is 1. The molecule has 0 spiro atoms. The van der Waals surface area contributed by atoms with Crippen LogP contribution in [-0.2, 0) is 13.0 Å². The van der Waals surface area contributed by atoms with Gasteiger partial charge in [0.1, 0.15) is 5.82 Å². The molecular weight excluding hydrogens is 349 g/mol. The first-order chi connectivity index (χ1) is 10.7. The van der Waals surface area contributed by atoms with Crippen molar-refractivity contribution in [3.8, 4) is 0 Å². The molecule has 0 aliphatic rings. The summed E-state index contributed by atoms with van der Waals surface area (Å²) in [4.78, 5) is 4.14. The molecule has 0 radical (unpaired) electrons. The smallest absolute Gasteiger partial charge is 0.191 e. The molecule has 0 aliphatic carbocycles. The van der Waals surface area contributed by atoms with Crippen LogP contribution in [-0.4, -0.2) is 29.7 Å². The summed E-state index contributed by atoms with van der Waals surface area (Å²) in [5.41, 5.74) is 1.71. The van der Waals surface area contributed by atoms with Crippen LogP contribution in [0, 0.1) is 5.82 Å². The van der Waals surface area contributed by atoms with Gasteiger partial charge in [0.15, 0.2) is 5.96 Å². The van der Waals surface area contributed by atoms with E-state index < -0.39 is 0 Å². The van der Waals surface area contributed by atoms with Gasteiger partial charge in [-0.15, -0.1) is 0 Å². The molecule has 0 bridgehead atoms. The number of aliphatic imine (C=N–C) groups is 1. The maximum absolute atomic E-state index is 13.7. The summed E-state index contributed by atoms with van der Waals surface area (Å²) in [5.74, 6) is 0.544. The van der Waals surface area contributed by atoms with E-state index in [-0.39, 0.29) is 5.82 Å². The molecule has 7 heteroatoms. The van der Waals surface area contributed by atoms with Crippen LogP contribution in [0.4, 0.5) is 4.39 Å². The monoisotopic (exact) mass is 367 g/mol. The van der Waals surface area contributed by atoms with Crippen LogP contribution in [0.25, 0.3) is 0 Å². The number of hydrogen-bond donors (Lipinski definition) is 3. The summed E-state index contributed by atoms with van der Waals surface area (Å²) in [6, 6.07) is 7.06. The summed E-state index contributed by atoms with van der Waals surface area (Å²) in [6.07, 6.45) is 3.22. The largest absolute Gasteiger partial charge is 0.356 e. The maximum Gasteiger partial charge on any atom is 0.191 e. The number of benzene rings is 1. The van der Waals surface area contributed by atoms with Gasteiger partial charge in [-0.25, -0.2) is 4.39 Å². The number of rotatable bonds is 6. The average Bonchev–Trinajstić information content (AvgIpc) is 3.01. The van der Waals surface area contributed by atoms with E-state index in [1.807, 2.05) is 18.2 Å². The first kappa shape index (κ1) is 16.5. The van der Waals surface area contributed by atoms with Crippen LogP contribution < -0.4 is 10.6 Å². The lowest BCUT2D eigenvalue weighted by Crippen LogP contribution is -2.37. The van der Waals surface area contributed by atoms with Gasteiger partial charge in [-0.05, 0) is 36.6 Å². The fraction of sp³-hybridized carbons (Fsp3) is 0.333. The normalized spacial score (nSPS) is 11.5. The Labute approximate surface area is 137 Å². The Morgan fingerprint density at radius 1 is 1.36 bits per heavy atom. The predicted molar refractivity (Wildman–Crippen MR) is 89.2 cm³/mol. The van der Waals surface area contributed by atoms with Gasteiger partial charge in [0, 0.05) is 24.3 Å². The Morgan fingerprint density at radius 3 is 2.91 bits per heavy atom. The maximum atomic E-state index is 13.7. The van der Waals surface area contributed by atoms with E-state index in [0.717, 1.165) is 28.7 Å². The molecule has 1 aromatic heterocycles. The van der Waals surface area contributed by atoms with E-state index in [0.29, 0.717) is 18.9 Å². The number of aromatic nitrogens is 2. The van der Waals surface area contributed by atoms with Gasteiger partial charge >= 0.3 is 0 Å². The van der Waals surface area contributed by atoms with Crippen molar-refractivity contribution in [3.63, 3.8) is 0 Å². The van der Waals surface area contributed by atoms with Crippen LogP contribution in [0.3, 0.4) is 0 Å². The number of hydrogen-bond acceptors (Lipinski definition) is 2. The van der Waals surface area contributed by atoms with Gasteiger partial charge in [-0.3, -0.25) is 10.1 Å². The third kappa shape index (κ3) is 5.14. The molecule has 0 aliphatic heterocycles. The lowest BCUT2D eigenvalue weighted by Gasteiger charge is -2.11. The molecule has 0 unspecified atom stereocenters. The molecule has 2 rings (SSSR count). The number of nitrogens with zero attached hydrogens (tertiary/aromatic N) is 2. The van der Waals surface area contributed by atoms with Crippen molar-refractivity contribution in [2.24, 2.45) is 4.99 Å². The van der Waals surface area contributed by atoms with Crippen LogP contribution in [0.5, 0.6) is 0 Å². The van der Waals surface area contributed by atoms with Crippen molar-refractivity contribution in [1.82, 2.24) is 20.8 Å². The minimum atomic E-state index is -0.170. The molecule has 0 fully saturated rings. The van der Waals surface area contributed by atoms with Crippen LogP contribution in [0.2, 0.25) is 0 Å². The Morgan fingerprint density at radius 2 is 2.23 bits per heavy atom. The molecule has 0 saturated heterocycles. The third-order valence-electron chi connectivity index (χ3n) is 3.16. The molecule has 1 heterocycles. The second kappa shape index (κ2) is 8.53. The quantitative estimate of drug-likeness (QED) is 0.417. The Bertz CT molecular complexity index is 612. The molecule has 0 amide bonds.